The van der Waals surface area contributed by atoms with Gasteiger partial charge in [0.05, 0.1) is 6.04 Å². The molecule has 88 valence electrons. The lowest BCUT2D eigenvalue weighted by Crippen LogP contribution is -2.41. The van der Waals surface area contributed by atoms with Gasteiger partial charge in [-0.25, -0.2) is 0 Å². The van der Waals surface area contributed by atoms with E-state index in [1.807, 2.05) is 0 Å². The Hall–Kier alpha value is -1.07. The second-order valence-electron chi connectivity index (χ2n) is 4.05. The Labute approximate surface area is 99.4 Å². The zero-order valence-corrected chi connectivity index (χ0v) is 9.99. The first kappa shape index (κ1) is 11.4. The van der Waals surface area contributed by atoms with Crippen LogP contribution in [0.2, 0.25) is 0 Å². The van der Waals surface area contributed by atoms with Crippen LogP contribution in [0.3, 0.4) is 0 Å². The van der Waals surface area contributed by atoms with Crippen molar-refractivity contribution in [2.45, 2.75) is 25.3 Å². The summed E-state index contributed by atoms with van der Waals surface area (Å²) in [6.07, 6.45) is 3.18. The third kappa shape index (κ3) is 2.54. The van der Waals surface area contributed by atoms with E-state index in [0.29, 0.717) is 5.84 Å². The second-order valence-corrected chi connectivity index (χ2v) is 5.08. The van der Waals surface area contributed by atoms with E-state index in [-0.39, 0.29) is 6.04 Å². The Kier molecular flexibility index (Phi) is 3.79. The first-order valence-electron chi connectivity index (χ1n) is 5.55. The zero-order valence-electron chi connectivity index (χ0n) is 9.17. The number of nitrogens with zero attached hydrogens (tertiary/aromatic N) is 2. The highest BCUT2D eigenvalue weighted by Gasteiger charge is 2.27. The van der Waals surface area contributed by atoms with Gasteiger partial charge in [0.1, 0.15) is 0 Å². The molecule has 2 heterocycles. The summed E-state index contributed by atoms with van der Waals surface area (Å²) in [6.45, 7) is 2.04. The molecule has 5 heteroatoms. The monoisotopic (exact) mass is 239 g/mol. The molecule has 4 nitrogen and oxygen atoms in total. The molecular weight excluding hydrogens is 222 g/mol. The van der Waals surface area contributed by atoms with Crippen molar-refractivity contribution in [2.75, 3.05) is 13.1 Å². The fourth-order valence-corrected chi connectivity index (χ4v) is 2.90. The number of likely N-dealkylation sites (tertiary alicyclic amines) is 1. The van der Waals surface area contributed by atoms with E-state index in [2.05, 4.69) is 27.6 Å². The van der Waals surface area contributed by atoms with Crippen molar-refractivity contribution in [3.63, 3.8) is 0 Å². The quantitative estimate of drug-likeness (QED) is 0.362. The van der Waals surface area contributed by atoms with Crippen LogP contribution < -0.4 is 5.73 Å². The third-order valence-corrected chi connectivity index (χ3v) is 3.98. The van der Waals surface area contributed by atoms with Crippen molar-refractivity contribution in [3.05, 3.63) is 22.4 Å². The first-order chi connectivity index (χ1) is 7.81. The normalized spacial score (nSPS) is 22.8. The smallest absolute Gasteiger partial charge is 0.156 e. The van der Waals surface area contributed by atoms with Crippen LogP contribution in [0, 0.1) is 0 Å². The molecule has 1 aliphatic heterocycles. The maximum Gasteiger partial charge on any atom is 0.156 e. The molecule has 1 aromatic rings. The fourth-order valence-electron chi connectivity index (χ4n) is 2.20. The van der Waals surface area contributed by atoms with E-state index >= 15 is 0 Å². The minimum Gasteiger partial charge on any atom is -0.409 e. The summed E-state index contributed by atoms with van der Waals surface area (Å²) in [4.78, 5) is 3.69. The summed E-state index contributed by atoms with van der Waals surface area (Å²) in [7, 11) is 0. The van der Waals surface area contributed by atoms with Crippen molar-refractivity contribution in [1.29, 1.82) is 0 Å². The van der Waals surface area contributed by atoms with Crippen LogP contribution in [0.1, 0.15) is 17.7 Å². The number of hydrogen-bond acceptors (Lipinski definition) is 4. The van der Waals surface area contributed by atoms with Crippen molar-refractivity contribution in [1.82, 2.24) is 4.90 Å². The van der Waals surface area contributed by atoms with Gasteiger partial charge < -0.3 is 10.9 Å². The highest BCUT2D eigenvalue weighted by atomic mass is 32.1. The van der Waals surface area contributed by atoms with Crippen molar-refractivity contribution in [3.8, 4) is 0 Å². The van der Waals surface area contributed by atoms with Crippen LogP contribution in [-0.2, 0) is 6.42 Å². The SMILES string of the molecule is NC(=NO)C1CCCN1CCc1cccs1. The molecular formula is C11H17N3OS. The first-order valence-corrected chi connectivity index (χ1v) is 6.43. The van der Waals surface area contributed by atoms with Gasteiger partial charge in [0.2, 0.25) is 0 Å². The van der Waals surface area contributed by atoms with E-state index in [9.17, 15) is 0 Å². The Morgan fingerprint density at radius 3 is 3.25 bits per heavy atom. The van der Waals surface area contributed by atoms with Crippen molar-refractivity contribution < 1.29 is 5.21 Å². The Morgan fingerprint density at radius 1 is 1.69 bits per heavy atom. The van der Waals surface area contributed by atoms with Gasteiger partial charge in [0.15, 0.2) is 5.84 Å². The molecule has 0 radical (unpaired) electrons. The van der Waals surface area contributed by atoms with Gasteiger partial charge in [0, 0.05) is 11.4 Å². The lowest BCUT2D eigenvalue weighted by atomic mass is 10.2. The van der Waals surface area contributed by atoms with Gasteiger partial charge in [-0.2, -0.15) is 0 Å². The summed E-state index contributed by atoms with van der Waals surface area (Å²) >= 11 is 1.78. The molecule has 1 aliphatic rings. The fraction of sp³-hybridized carbons (Fsp3) is 0.545. The summed E-state index contributed by atoms with van der Waals surface area (Å²) in [5.74, 6) is 0.351. The number of oxime groups is 1. The van der Waals surface area contributed by atoms with Crippen molar-refractivity contribution in [2.24, 2.45) is 10.9 Å². The molecule has 1 saturated heterocycles. The minimum absolute atomic E-state index is 0.130. The predicted molar refractivity (Wildman–Crippen MR) is 66.0 cm³/mol. The van der Waals surface area contributed by atoms with Gasteiger partial charge in [0.25, 0.3) is 0 Å². The topological polar surface area (TPSA) is 61.9 Å². The van der Waals surface area contributed by atoms with Gasteiger partial charge >= 0.3 is 0 Å². The number of rotatable bonds is 4. The Bertz CT molecular complexity index is 350. The average molecular weight is 239 g/mol. The standard InChI is InChI=1S/C11H17N3OS/c12-11(13-15)10-4-1-6-14(10)7-5-9-3-2-8-16-9/h2-3,8,10,15H,1,4-7H2,(H2,12,13). The molecule has 3 N–H and O–H groups in total. The van der Waals surface area contributed by atoms with Crippen LogP contribution in [-0.4, -0.2) is 35.1 Å². The molecule has 0 spiro atoms. The maximum absolute atomic E-state index is 8.70. The second kappa shape index (κ2) is 5.32. The molecule has 1 aromatic heterocycles. The number of nitrogens with two attached hydrogens (primary N) is 1. The Morgan fingerprint density at radius 2 is 2.56 bits per heavy atom. The van der Waals surface area contributed by atoms with Gasteiger partial charge in [-0.05, 0) is 37.3 Å². The third-order valence-electron chi connectivity index (χ3n) is 3.05. The predicted octanol–water partition coefficient (Wildman–Crippen LogP) is 1.50. The molecule has 1 unspecified atom stereocenters. The molecule has 1 atom stereocenters. The summed E-state index contributed by atoms with van der Waals surface area (Å²) < 4.78 is 0. The van der Waals surface area contributed by atoms with Gasteiger partial charge in [-0.1, -0.05) is 11.2 Å². The van der Waals surface area contributed by atoms with E-state index < -0.39 is 0 Å². The molecule has 0 aliphatic carbocycles. The lowest BCUT2D eigenvalue weighted by molar-refractivity contribution is 0.283. The summed E-state index contributed by atoms with van der Waals surface area (Å²) in [5.41, 5.74) is 5.68. The van der Waals surface area contributed by atoms with Gasteiger partial charge in [-0.15, -0.1) is 11.3 Å². The highest BCUT2D eigenvalue weighted by Crippen LogP contribution is 2.18. The number of amidine groups is 1. The summed E-state index contributed by atoms with van der Waals surface area (Å²) in [5, 5.41) is 13.9. The Balaban J connectivity index is 1.89. The molecule has 0 saturated carbocycles. The van der Waals surface area contributed by atoms with E-state index in [1.54, 1.807) is 11.3 Å². The summed E-state index contributed by atoms with van der Waals surface area (Å²) in [6, 6.07) is 4.36. The maximum atomic E-state index is 8.70. The van der Waals surface area contributed by atoms with Crippen LogP contribution in [0.5, 0.6) is 0 Å². The molecule has 0 amide bonds. The van der Waals surface area contributed by atoms with Crippen LogP contribution in [0.25, 0.3) is 0 Å². The van der Waals surface area contributed by atoms with Crippen molar-refractivity contribution >= 4 is 17.2 Å². The zero-order chi connectivity index (χ0) is 11.4. The van der Waals surface area contributed by atoms with Gasteiger partial charge in [-0.3, -0.25) is 4.90 Å². The largest absolute Gasteiger partial charge is 0.409 e. The van der Waals surface area contributed by atoms with E-state index in [1.165, 1.54) is 4.88 Å². The number of hydrogen-bond donors (Lipinski definition) is 2. The minimum atomic E-state index is 0.130. The lowest BCUT2D eigenvalue weighted by Gasteiger charge is -2.22. The highest BCUT2D eigenvalue weighted by molar-refractivity contribution is 7.09. The average Bonchev–Trinajstić information content (AvgIpc) is 2.96. The van der Waals surface area contributed by atoms with E-state index in [4.69, 9.17) is 10.9 Å². The van der Waals surface area contributed by atoms with Crippen LogP contribution >= 0.6 is 11.3 Å². The molecule has 1 fully saturated rings. The molecule has 16 heavy (non-hydrogen) atoms. The van der Waals surface area contributed by atoms with Crippen LogP contribution in [0.15, 0.2) is 22.7 Å². The molecule has 0 bridgehead atoms. The van der Waals surface area contributed by atoms with Crippen LogP contribution in [0.4, 0.5) is 0 Å². The molecule has 2 rings (SSSR count). The number of thiophene rings is 1. The van der Waals surface area contributed by atoms with E-state index in [0.717, 1.165) is 32.4 Å². The molecule has 0 aromatic carbocycles.